The minimum Gasteiger partial charge on any atom is -0.477 e. The predicted molar refractivity (Wildman–Crippen MR) is 134 cm³/mol. The second kappa shape index (κ2) is 11.0. The Kier molecular flexibility index (Phi) is 7.21. The van der Waals surface area contributed by atoms with Crippen molar-refractivity contribution in [2.24, 2.45) is 0 Å². The molecule has 1 aliphatic heterocycles. The van der Waals surface area contributed by atoms with Gasteiger partial charge in [-0.05, 0) is 48.4 Å². The molecule has 0 spiro atoms. The maximum absolute atomic E-state index is 13.2. The number of fused-ring (bicyclic) bond motifs is 1. The highest BCUT2D eigenvalue weighted by molar-refractivity contribution is 5.97. The van der Waals surface area contributed by atoms with E-state index in [-0.39, 0.29) is 37.0 Å². The van der Waals surface area contributed by atoms with Crippen molar-refractivity contribution in [3.8, 4) is 17.1 Å². The number of amides is 2. The Labute approximate surface area is 213 Å². The van der Waals surface area contributed by atoms with Crippen molar-refractivity contribution in [3.63, 3.8) is 0 Å². The molecule has 0 aliphatic carbocycles. The summed E-state index contributed by atoms with van der Waals surface area (Å²) >= 11 is 0. The predicted octanol–water partition coefficient (Wildman–Crippen LogP) is 3.96. The van der Waals surface area contributed by atoms with Crippen molar-refractivity contribution in [1.82, 2.24) is 15.5 Å². The van der Waals surface area contributed by atoms with Crippen molar-refractivity contribution in [2.45, 2.75) is 25.4 Å². The Balaban J connectivity index is 1.21. The lowest BCUT2D eigenvalue weighted by Gasteiger charge is -2.34. The first-order chi connectivity index (χ1) is 18.1. The largest absolute Gasteiger partial charge is 0.477 e. The topological polar surface area (TPSA) is 97.6 Å². The first-order valence-corrected chi connectivity index (χ1v) is 12.0. The van der Waals surface area contributed by atoms with Gasteiger partial charge in [-0.25, -0.2) is 4.39 Å². The fourth-order valence-electron chi connectivity index (χ4n) is 4.12. The van der Waals surface area contributed by atoms with Crippen molar-refractivity contribution in [3.05, 3.63) is 96.1 Å². The molecule has 4 aromatic rings. The van der Waals surface area contributed by atoms with Crippen LogP contribution in [0.5, 0.6) is 5.75 Å². The van der Waals surface area contributed by atoms with Gasteiger partial charge in [0.25, 0.3) is 5.91 Å². The first-order valence-electron chi connectivity index (χ1n) is 12.0. The molecule has 1 N–H and O–H groups in total. The maximum atomic E-state index is 13.2. The van der Waals surface area contributed by atoms with Crippen LogP contribution in [0.25, 0.3) is 11.4 Å². The molecule has 37 heavy (non-hydrogen) atoms. The third-order valence-electron chi connectivity index (χ3n) is 6.05. The molecule has 8 nitrogen and oxygen atoms in total. The third kappa shape index (κ3) is 5.83. The Bertz CT molecular complexity index is 1370. The maximum Gasteiger partial charge on any atom is 0.262 e. The summed E-state index contributed by atoms with van der Waals surface area (Å²) in [5.41, 5.74) is 2.35. The average molecular weight is 501 g/mol. The van der Waals surface area contributed by atoms with Crippen LogP contribution in [0.1, 0.15) is 17.9 Å². The average Bonchev–Trinajstić information content (AvgIpc) is 3.41. The number of rotatable bonds is 8. The van der Waals surface area contributed by atoms with E-state index >= 15 is 0 Å². The fourth-order valence-corrected chi connectivity index (χ4v) is 4.12. The van der Waals surface area contributed by atoms with E-state index in [2.05, 4.69) is 15.5 Å². The zero-order valence-electron chi connectivity index (χ0n) is 20.0. The van der Waals surface area contributed by atoms with E-state index in [1.165, 1.54) is 12.1 Å². The number of benzene rings is 3. The van der Waals surface area contributed by atoms with E-state index in [9.17, 15) is 14.0 Å². The number of nitrogens with zero attached hydrogens (tertiary/aromatic N) is 3. The molecule has 1 atom stereocenters. The van der Waals surface area contributed by atoms with Gasteiger partial charge >= 0.3 is 0 Å². The Morgan fingerprint density at radius 1 is 0.973 bits per heavy atom. The summed E-state index contributed by atoms with van der Waals surface area (Å²) in [5.74, 6) is 0.271. The van der Waals surface area contributed by atoms with Gasteiger partial charge in [-0.3, -0.25) is 9.59 Å². The SMILES string of the molecule is O=C(NCCc1ccccc1)[C@H]1CN(C(=O)CCc2nc(-c3ccc(F)cc3)no2)c2ccccc2O1. The van der Waals surface area contributed by atoms with Gasteiger partial charge in [-0.1, -0.05) is 47.6 Å². The van der Waals surface area contributed by atoms with Crippen molar-refractivity contribution in [2.75, 3.05) is 18.0 Å². The van der Waals surface area contributed by atoms with Crippen LogP contribution < -0.4 is 15.0 Å². The Morgan fingerprint density at radius 3 is 2.54 bits per heavy atom. The summed E-state index contributed by atoms with van der Waals surface area (Å²) in [6, 6.07) is 22.8. The molecule has 3 aromatic carbocycles. The molecular weight excluding hydrogens is 475 g/mol. The van der Waals surface area contributed by atoms with E-state index in [1.807, 2.05) is 36.4 Å². The Hall–Kier alpha value is -4.53. The van der Waals surface area contributed by atoms with Gasteiger partial charge in [0.05, 0.1) is 12.2 Å². The smallest absolute Gasteiger partial charge is 0.262 e. The molecule has 2 amide bonds. The quantitative estimate of drug-likeness (QED) is 0.393. The summed E-state index contributed by atoms with van der Waals surface area (Å²) in [7, 11) is 0. The van der Waals surface area contributed by atoms with Crippen LogP contribution in [-0.2, 0) is 22.4 Å². The van der Waals surface area contributed by atoms with Gasteiger partial charge in [0.15, 0.2) is 6.10 Å². The summed E-state index contributed by atoms with van der Waals surface area (Å²) < 4.78 is 24.4. The number of aryl methyl sites for hydroxylation is 1. The number of carbonyl (C=O) groups is 2. The van der Waals surface area contributed by atoms with Crippen molar-refractivity contribution in [1.29, 1.82) is 0 Å². The summed E-state index contributed by atoms with van der Waals surface area (Å²) in [5, 5.41) is 6.83. The number of ether oxygens (including phenoxy) is 1. The van der Waals surface area contributed by atoms with Crippen LogP contribution in [0.2, 0.25) is 0 Å². The summed E-state index contributed by atoms with van der Waals surface area (Å²) in [4.78, 5) is 32.0. The highest BCUT2D eigenvalue weighted by atomic mass is 19.1. The van der Waals surface area contributed by atoms with Gasteiger partial charge in [0.1, 0.15) is 11.6 Å². The number of aromatic nitrogens is 2. The van der Waals surface area contributed by atoms with Crippen LogP contribution in [0.15, 0.2) is 83.4 Å². The molecule has 0 radical (unpaired) electrons. The zero-order chi connectivity index (χ0) is 25.6. The number of para-hydroxylation sites is 2. The van der Waals surface area contributed by atoms with E-state index in [1.54, 1.807) is 35.2 Å². The molecule has 1 aliphatic rings. The molecule has 0 saturated heterocycles. The molecule has 1 aromatic heterocycles. The number of hydrogen-bond donors (Lipinski definition) is 1. The minimum absolute atomic E-state index is 0.0949. The minimum atomic E-state index is -0.830. The lowest BCUT2D eigenvalue weighted by atomic mass is 10.1. The molecule has 2 heterocycles. The second-order valence-corrected chi connectivity index (χ2v) is 8.62. The number of halogens is 1. The van der Waals surface area contributed by atoms with Crippen molar-refractivity contribution >= 4 is 17.5 Å². The first kappa shape index (κ1) is 24.2. The lowest BCUT2D eigenvalue weighted by molar-refractivity contribution is -0.128. The molecule has 0 unspecified atom stereocenters. The van der Waals surface area contributed by atoms with Gasteiger partial charge < -0.3 is 19.5 Å². The van der Waals surface area contributed by atoms with Crippen LogP contribution >= 0.6 is 0 Å². The van der Waals surface area contributed by atoms with Crippen LogP contribution in [0.3, 0.4) is 0 Å². The molecule has 9 heteroatoms. The normalized spacial score (nSPS) is 14.5. The van der Waals surface area contributed by atoms with Crippen molar-refractivity contribution < 1.29 is 23.2 Å². The van der Waals surface area contributed by atoms with E-state index in [0.29, 0.717) is 41.7 Å². The van der Waals surface area contributed by atoms with Gasteiger partial charge in [0.2, 0.25) is 17.6 Å². The summed E-state index contributed by atoms with van der Waals surface area (Å²) in [6.45, 7) is 0.559. The van der Waals surface area contributed by atoms with Gasteiger partial charge in [-0.15, -0.1) is 0 Å². The third-order valence-corrected chi connectivity index (χ3v) is 6.05. The Morgan fingerprint density at radius 2 is 1.73 bits per heavy atom. The molecular formula is C28H25FN4O4. The number of anilines is 1. The number of nitrogens with one attached hydrogen (secondary N) is 1. The molecule has 0 fully saturated rings. The molecule has 5 rings (SSSR count). The lowest BCUT2D eigenvalue weighted by Crippen LogP contribution is -2.51. The van der Waals surface area contributed by atoms with Crippen LogP contribution in [0, 0.1) is 5.82 Å². The van der Waals surface area contributed by atoms with Gasteiger partial charge in [-0.2, -0.15) is 4.98 Å². The van der Waals surface area contributed by atoms with E-state index in [4.69, 9.17) is 9.26 Å². The second-order valence-electron chi connectivity index (χ2n) is 8.62. The monoisotopic (exact) mass is 500 g/mol. The van der Waals surface area contributed by atoms with Gasteiger partial charge in [0, 0.05) is 24.9 Å². The number of carbonyl (C=O) groups excluding carboxylic acids is 2. The highest BCUT2D eigenvalue weighted by Crippen LogP contribution is 2.33. The standard InChI is InChI=1S/C28H25FN4O4/c29-21-12-10-20(11-13-21)27-31-25(37-32-27)14-15-26(34)33-18-24(36-23-9-5-4-8-22(23)33)28(35)30-17-16-19-6-2-1-3-7-19/h1-13,24H,14-18H2,(H,30,35)/t24-/m1/s1. The summed E-state index contributed by atoms with van der Waals surface area (Å²) in [6.07, 6.45) is 0.188. The van der Waals surface area contributed by atoms with E-state index in [0.717, 1.165) is 5.56 Å². The fraction of sp³-hybridized carbons (Fsp3) is 0.214. The number of hydrogen-bond acceptors (Lipinski definition) is 6. The highest BCUT2D eigenvalue weighted by Gasteiger charge is 2.33. The molecule has 0 saturated carbocycles. The van der Waals surface area contributed by atoms with Crippen LogP contribution in [-0.4, -0.2) is 41.1 Å². The molecule has 0 bridgehead atoms. The molecule has 188 valence electrons. The zero-order valence-corrected chi connectivity index (χ0v) is 20.0. The van der Waals surface area contributed by atoms with E-state index < -0.39 is 6.10 Å². The van der Waals surface area contributed by atoms with Crippen LogP contribution in [0.4, 0.5) is 10.1 Å².